The molecule has 2 aliphatic rings. The summed E-state index contributed by atoms with van der Waals surface area (Å²) in [4.78, 5) is 4.31. The van der Waals surface area contributed by atoms with E-state index in [2.05, 4.69) is 16.4 Å². The Kier molecular flexibility index (Phi) is 10.7. The molecule has 1 unspecified atom stereocenters. The zero-order valence-corrected chi connectivity index (χ0v) is 15.1. The Bertz CT molecular complexity index is 400. The van der Waals surface area contributed by atoms with Gasteiger partial charge in [0.15, 0.2) is 0 Å². The van der Waals surface area contributed by atoms with E-state index in [-0.39, 0.29) is 0 Å². The largest absolute Gasteiger partial charge is 0.490 e. The lowest BCUT2D eigenvalue weighted by atomic mass is 10.00. The average molecular weight is 322 g/mol. The number of rotatable bonds is 5. The van der Waals surface area contributed by atoms with E-state index in [1.165, 1.54) is 37.7 Å². The molecule has 2 heterocycles. The molecule has 1 aromatic rings. The molecular weight excluding hydrogens is 288 g/mol. The van der Waals surface area contributed by atoms with Gasteiger partial charge in [0.2, 0.25) is 0 Å². The third-order valence-electron chi connectivity index (χ3n) is 4.16. The van der Waals surface area contributed by atoms with Gasteiger partial charge in [-0.3, -0.25) is 4.98 Å². The minimum atomic E-state index is 0.319. The van der Waals surface area contributed by atoms with Crippen LogP contribution in [0.25, 0.3) is 0 Å². The smallest absolute Gasteiger partial charge is 0.137 e. The number of hydrogen-bond donors (Lipinski definition) is 2. The third kappa shape index (κ3) is 7.32. The van der Waals surface area contributed by atoms with Gasteiger partial charge in [-0.05, 0) is 49.8 Å². The SMILES string of the molecule is CC.CCCO.c1ncc(C2CCCC2)cc1OCC1CCN1. The number of nitrogens with zero attached hydrogens (tertiary/aromatic N) is 1. The van der Waals surface area contributed by atoms with Crippen LogP contribution in [0.4, 0.5) is 0 Å². The zero-order chi connectivity index (χ0) is 16.9. The number of aliphatic hydroxyl groups excluding tert-OH is 1. The first-order valence-corrected chi connectivity index (χ1v) is 9.25. The van der Waals surface area contributed by atoms with E-state index in [1.807, 2.05) is 33.2 Å². The number of nitrogens with one attached hydrogen (secondary N) is 1. The van der Waals surface area contributed by atoms with Gasteiger partial charge in [0, 0.05) is 18.8 Å². The van der Waals surface area contributed by atoms with Gasteiger partial charge in [0.25, 0.3) is 0 Å². The van der Waals surface area contributed by atoms with Crippen LogP contribution in [0.2, 0.25) is 0 Å². The number of aliphatic hydroxyl groups is 1. The van der Waals surface area contributed by atoms with E-state index in [9.17, 15) is 0 Å². The first-order chi connectivity index (χ1) is 11.3. The van der Waals surface area contributed by atoms with Gasteiger partial charge in [-0.25, -0.2) is 0 Å². The van der Waals surface area contributed by atoms with Crippen LogP contribution in [-0.2, 0) is 0 Å². The van der Waals surface area contributed by atoms with Crippen molar-refractivity contribution in [2.75, 3.05) is 19.8 Å². The van der Waals surface area contributed by atoms with Gasteiger partial charge >= 0.3 is 0 Å². The molecule has 1 atom stereocenters. The Morgan fingerprint density at radius 2 is 1.87 bits per heavy atom. The van der Waals surface area contributed by atoms with Crippen LogP contribution in [0.15, 0.2) is 18.5 Å². The molecule has 4 heteroatoms. The van der Waals surface area contributed by atoms with Crippen LogP contribution >= 0.6 is 0 Å². The van der Waals surface area contributed by atoms with Crippen LogP contribution in [-0.4, -0.2) is 35.9 Å². The van der Waals surface area contributed by atoms with Crippen molar-refractivity contribution in [1.29, 1.82) is 0 Å². The normalized spacial score (nSPS) is 19.7. The van der Waals surface area contributed by atoms with Crippen LogP contribution in [0, 0.1) is 0 Å². The average Bonchev–Trinajstić information content (AvgIpc) is 3.10. The predicted molar refractivity (Wildman–Crippen MR) is 96.1 cm³/mol. The fourth-order valence-electron chi connectivity index (χ4n) is 2.68. The first kappa shape index (κ1) is 19.9. The van der Waals surface area contributed by atoms with Gasteiger partial charge < -0.3 is 15.2 Å². The Morgan fingerprint density at radius 3 is 2.39 bits per heavy atom. The molecule has 1 aromatic heterocycles. The number of pyridine rings is 1. The molecule has 3 rings (SSSR count). The summed E-state index contributed by atoms with van der Waals surface area (Å²) in [7, 11) is 0. The molecule has 1 aliphatic carbocycles. The molecule has 1 aliphatic heterocycles. The Morgan fingerprint density at radius 1 is 1.22 bits per heavy atom. The molecule has 0 spiro atoms. The van der Waals surface area contributed by atoms with Crippen molar-refractivity contribution < 1.29 is 9.84 Å². The lowest BCUT2D eigenvalue weighted by Gasteiger charge is -2.27. The lowest BCUT2D eigenvalue weighted by molar-refractivity contribution is 0.216. The van der Waals surface area contributed by atoms with Crippen LogP contribution in [0.1, 0.15) is 70.8 Å². The van der Waals surface area contributed by atoms with Crippen LogP contribution in [0.3, 0.4) is 0 Å². The van der Waals surface area contributed by atoms with Gasteiger partial charge in [-0.15, -0.1) is 0 Å². The maximum atomic E-state index is 7.88. The standard InChI is InChI=1S/C14H20N2O.C3H8O.C2H6/c1-2-4-11(3-1)12-7-14(9-15-8-12)17-10-13-5-6-16-13;1-2-3-4;1-2/h7-9,11,13,16H,1-6,10H2;4H,2-3H2,1H3;1-2H3. The summed E-state index contributed by atoms with van der Waals surface area (Å²) in [6.07, 6.45) is 11.3. The van der Waals surface area contributed by atoms with Gasteiger partial charge in [0.05, 0.1) is 6.20 Å². The van der Waals surface area contributed by atoms with Crippen molar-refractivity contribution >= 4 is 0 Å². The summed E-state index contributed by atoms with van der Waals surface area (Å²) in [6.45, 7) is 8.16. The zero-order valence-electron chi connectivity index (χ0n) is 15.1. The Labute approximate surface area is 141 Å². The molecule has 132 valence electrons. The van der Waals surface area contributed by atoms with Gasteiger partial charge in [0.1, 0.15) is 12.4 Å². The minimum absolute atomic E-state index is 0.319. The van der Waals surface area contributed by atoms with Crippen LogP contribution < -0.4 is 10.1 Å². The second kappa shape index (κ2) is 12.3. The number of hydrogen-bond acceptors (Lipinski definition) is 4. The highest BCUT2D eigenvalue weighted by atomic mass is 16.5. The van der Waals surface area contributed by atoms with E-state index in [0.29, 0.717) is 18.6 Å². The summed E-state index contributed by atoms with van der Waals surface area (Å²) in [5, 5.41) is 11.2. The summed E-state index contributed by atoms with van der Waals surface area (Å²) in [6, 6.07) is 2.73. The monoisotopic (exact) mass is 322 g/mol. The summed E-state index contributed by atoms with van der Waals surface area (Å²) in [5.41, 5.74) is 1.36. The topological polar surface area (TPSA) is 54.4 Å². The highest BCUT2D eigenvalue weighted by molar-refractivity contribution is 5.27. The molecule has 1 saturated heterocycles. The van der Waals surface area contributed by atoms with Gasteiger partial charge in [-0.2, -0.15) is 0 Å². The molecule has 2 N–H and O–H groups in total. The maximum Gasteiger partial charge on any atom is 0.137 e. The van der Waals surface area contributed by atoms with E-state index in [1.54, 1.807) is 0 Å². The summed E-state index contributed by atoms with van der Waals surface area (Å²) >= 11 is 0. The first-order valence-electron chi connectivity index (χ1n) is 9.25. The molecule has 0 bridgehead atoms. The highest BCUT2D eigenvalue weighted by Gasteiger charge is 2.19. The molecule has 23 heavy (non-hydrogen) atoms. The second-order valence-corrected chi connectivity index (χ2v) is 5.91. The van der Waals surface area contributed by atoms with E-state index < -0.39 is 0 Å². The van der Waals surface area contributed by atoms with Crippen molar-refractivity contribution in [1.82, 2.24) is 10.3 Å². The predicted octanol–water partition coefficient (Wildman–Crippen LogP) is 3.89. The lowest BCUT2D eigenvalue weighted by Crippen LogP contribution is -2.46. The van der Waals surface area contributed by atoms with Crippen LogP contribution in [0.5, 0.6) is 5.75 Å². The highest BCUT2D eigenvalue weighted by Crippen LogP contribution is 2.34. The van der Waals surface area contributed by atoms with E-state index in [4.69, 9.17) is 9.84 Å². The fraction of sp³-hybridized carbons (Fsp3) is 0.737. The number of aromatic nitrogens is 1. The van der Waals surface area contributed by atoms with Crippen molar-refractivity contribution in [3.8, 4) is 5.75 Å². The Balaban J connectivity index is 0.000000388. The third-order valence-corrected chi connectivity index (χ3v) is 4.16. The van der Waals surface area contributed by atoms with Gasteiger partial charge in [-0.1, -0.05) is 33.6 Å². The van der Waals surface area contributed by atoms with Crippen molar-refractivity contribution in [2.45, 2.75) is 71.3 Å². The van der Waals surface area contributed by atoms with Crippen molar-refractivity contribution in [3.05, 3.63) is 24.0 Å². The fourth-order valence-corrected chi connectivity index (χ4v) is 2.68. The van der Waals surface area contributed by atoms with E-state index >= 15 is 0 Å². The molecular formula is C19H34N2O2. The molecule has 0 radical (unpaired) electrons. The second-order valence-electron chi connectivity index (χ2n) is 5.91. The molecule has 0 amide bonds. The summed E-state index contributed by atoms with van der Waals surface area (Å²) < 4.78 is 5.79. The quantitative estimate of drug-likeness (QED) is 0.863. The molecule has 1 saturated carbocycles. The number of ether oxygens (including phenoxy) is 1. The van der Waals surface area contributed by atoms with Crippen molar-refractivity contribution in [3.63, 3.8) is 0 Å². The van der Waals surface area contributed by atoms with Crippen molar-refractivity contribution in [2.24, 2.45) is 0 Å². The molecule has 2 fully saturated rings. The molecule has 0 aromatic carbocycles. The molecule has 4 nitrogen and oxygen atoms in total. The summed E-state index contributed by atoms with van der Waals surface area (Å²) in [5.74, 6) is 1.65. The Hall–Kier alpha value is -1.13. The maximum absolute atomic E-state index is 7.88. The van der Waals surface area contributed by atoms with E-state index in [0.717, 1.165) is 25.3 Å². The minimum Gasteiger partial charge on any atom is -0.490 e.